The molecule has 0 bridgehead atoms. The molecule has 2 unspecified atom stereocenters. The Morgan fingerprint density at radius 1 is 1.44 bits per heavy atom. The lowest BCUT2D eigenvalue weighted by molar-refractivity contribution is 0.0520. The highest BCUT2D eigenvalue weighted by atomic mass is 16.5. The maximum Gasteiger partial charge on any atom is 0.0669 e. The molecule has 0 saturated carbocycles. The smallest absolute Gasteiger partial charge is 0.0669 e. The zero-order valence-corrected chi connectivity index (χ0v) is 11.0. The largest absolute Gasteiger partial charge is 0.392 e. The van der Waals surface area contributed by atoms with Gasteiger partial charge in [0.15, 0.2) is 0 Å². The molecule has 0 spiro atoms. The van der Waals surface area contributed by atoms with E-state index in [-0.39, 0.29) is 11.5 Å². The second-order valence-electron chi connectivity index (χ2n) is 6.16. The van der Waals surface area contributed by atoms with Crippen molar-refractivity contribution >= 4 is 0 Å². The number of aliphatic hydroxyl groups is 1. The van der Waals surface area contributed by atoms with Crippen LogP contribution in [0.15, 0.2) is 0 Å². The Balaban J connectivity index is 2.05. The molecule has 0 aromatic carbocycles. The molecule has 0 aliphatic carbocycles. The molecule has 0 aromatic rings. The molecule has 16 heavy (non-hydrogen) atoms. The second kappa shape index (κ2) is 6.58. The van der Waals surface area contributed by atoms with Crippen LogP contribution in [0.3, 0.4) is 0 Å². The summed E-state index contributed by atoms with van der Waals surface area (Å²) in [4.78, 5) is 0. The minimum absolute atomic E-state index is 0.203. The van der Waals surface area contributed by atoms with E-state index in [2.05, 4.69) is 26.1 Å². The van der Waals surface area contributed by atoms with E-state index in [1.165, 1.54) is 12.8 Å². The Morgan fingerprint density at radius 2 is 2.19 bits per heavy atom. The van der Waals surface area contributed by atoms with Gasteiger partial charge in [-0.05, 0) is 30.6 Å². The van der Waals surface area contributed by atoms with Gasteiger partial charge in [-0.25, -0.2) is 0 Å². The maximum absolute atomic E-state index is 9.82. The van der Waals surface area contributed by atoms with Gasteiger partial charge in [-0.15, -0.1) is 0 Å². The number of aliphatic hydroxyl groups excluding tert-OH is 1. The average Bonchev–Trinajstić information content (AvgIpc) is 2.16. The number of hydrogen-bond donors (Lipinski definition) is 2. The van der Waals surface area contributed by atoms with Crippen LogP contribution in [0.5, 0.6) is 0 Å². The average molecular weight is 229 g/mol. The maximum atomic E-state index is 9.82. The van der Waals surface area contributed by atoms with Gasteiger partial charge in [0.2, 0.25) is 0 Å². The molecule has 1 fully saturated rings. The molecule has 3 heteroatoms. The van der Waals surface area contributed by atoms with Crippen molar-refractivity contribution in [2.75, 3.05) is 26.3 Å². The van der Waals surface area contributed by atoms with E-state index < -0.39 is 0 Å². The number of ether oxygens (including phenoxy) is 1. The topological polar surface area (TPSA) is 41.5 Å². The van der Waals surface area contributed by atoms with Gasteiger partial charge >= 0.3 is 0 Å². The van der Waals surface area contributed by atoms with Crippen molar-refractivity contribution in [1.82, 2.24) is 5.32 Å². The Hall–Kier alpha value is -0.120. The fraction of sp³-hybridized carbons (Fsp3) is 1.00. The van der Waals surface area contributed by atoms with E-state index in [9.17, 15) is 5.11 Å². The van der Waals surface area contributed by atoms with E-state index in [4.69, 9.17) is 4.74 Å². The van der Waals surface area contributed by atoms with Crippen LogP contribution in [0.25, 0.3) is 0 Å². The third-order valence-electron chi connectivity index (χ3n) is 2.92. The first kappa shape index (κ1) is 13.9. The van der Waals surface area contributed by atoms with Crippen LogP contribution in [-0.4, -0.2) is 37.5 Å². The molecular formula is C13H27NO2. The van der Waals surface area contributed by atoms with Gasteiger partial charge in [0.25, 0.3) is 0 Å². The first-order valence-electron chi connectivity index (χ1n) is 6.44. The summed E-state index contributed by atoms with van der Waals surface area (Å²) >= 11 is 0. The Bertz CT molecular complexity index is 183. The summed E-state index contributed by atoms with van der Waals surface area (Å²) in [6.07, 6.45) is 3.05. The van der Waals surface area contributed by atoms with Crippen LogP contribution >= 0.6 is 0 Å². The molecule has 1 heterocycles. The molecular weight excluding hydrogens is 202 g/mol. The summed E-state index contributed by atoms with van der Waals surface area (Å²) < 4.78 is 5.42. The first-order valence-corrected chi connectivity index (χ1v) is 6.44. The van der Waals surface area contributed by atoms with Crippen LogP contribution < -0.4 is 5.32 Å². The van der Waals surface area contributed by atoms with Crippen molar-refractivity contribution in [3.63, 3.8) is 0 Å². The van der Waals surface area contributed by atoms with Crippen molar-refractivity contribution in [2.45, 2.75) is 46.1 Å². The van der Waals surface area contributed by atoms with Gasteiger partial charge in [-0.3, -0.25) is 0 Å². The van der Waals surface area contributed by atoms with E-state index in [0.717, 1.165) is 26.2 Å². The highest BCUT2D eigenvalue weighted by molar-refractivity contribution is 4.72. The molecule has 2 N–H and O–H groups in total. The Kier molecular flexibility index (Phi) is 5.73. The summed E-state index contributed by atoms with van der Waals surface area (Å²) in [5.41, 5.74) is 0.203. The zero-order chi connectivity index (χ0) is 12.0. The van der Waals surface area contributed by atoms with Crippen molar-refractivity contribution < 1.29 is 9.84 Å². The van der Waals surface area contributed by atoms with Crippen molar-refractivity contribution in [2.24, 2.45) is 11.3 Å². The molecule has 2 atom stereocenters. The van der Waals surface area contributed by atoms with Gasteiger partial charge in [-0.1, -0.05) is 20.8 Å². The lowest BCUT2D eigenvalue weighted by Gasteiger charge is -2.25. The summed E-state index contributed by atoms with van der Waals surface area (Å²) in [5.74, 6) is 0.635. The predicted octanol–water partition coefficient (Wildman–Crippen LogP) is 1.80. The van der Waals surface area contributed by atoms with Gasteiger partial charge in [-0.2, -0.15) is 0 Å². The van der Waals surface area contributed by atoms with Crippen molar-refractivity contribution in [3.05, 3.63) is 0 Å². The standard InChI is InChI=1S/C13H27NO2/c1-13(2,3)7-12(15)9-14-8-11-5-4-6-16-10-11/h11-12,14-15H,4-10H2,1-3H3. The Labute approximate surface area is 99.6 Å². The molecule has 0 radical (unpaired) electrons. The third kappa shape index (κ3) is 6.46. The number of hydrogen-bond acceptors (Lipinski definition) is 3. The zero-order valence-electron chi connectivity index (χ0n) is 11.0. The molecule has 0 aromatic heterocycles. The second-order valence-corrected chi connectivity index (χ2v) is 6.16. The number of nitrogens with one attached hydrogen (secondary N) is 1. The normalized spacial score (nSPS) is 24.4. The van der Waals surface area contributed by atoms with Crippen molar-refractivity contribution in [3.8, 4) is 0 Å². The van der Waals surface area contributed by atoms with E-state index in [0.29, 0.717) is 12.5 Å². The first-order chi connectivity index (χ1) is 7.47. The predicted molar refractivity (Wildman–Crippen MR) is 66.5 cm³/mol. The van der Waals surface area contributed by atoms with Crippen LogP contribution in [-0.2, 0) is 4.74 Å². The van der Waals surface area contributed by atoms with E-state index in [1.807, 2.05) is 0 Å². The van der Waals surface area contributed by atoms with Crippen LogP contribution in [0.4, 0.5) is 0 Å². The molecule has 1 saturated heterocycles. The Morgan fingerprint density at radius 3 is 2.75 bits per heavy atom. The summed E-state index contributed by atoms with van der Waals surface area (Å²) in [6, 6.07) is 0. The fourth-order valence-electron chi connectivity index (χ4n) is 2.20. The summed E-state index contributed by atoms with van der Waals surface area (Å²) in [5, 5.41) is 13.2. The quantitative estimate of drug-likeness (QED) is 0.755. The number of rotatable bonds is 5. The summed E-state index contributed by atoms with van der Waals surface area (Å²) in [6.45, 7) is 9.95. The van der Waals surface area contributed by atoms with Gasteiger partial charge in [0.05, 0.1) is 12.7 Å². The molecule has 1 aliphatic heterocycles. The van der Waals surface area contributed by atoms with Gasteiger partial charge in [0, 0.05) is 19.7 Å². The minimum atomic E-state index is -0.232. The van der Waals surface area contributed by atoms with Crippen LogP contribution in [0.1, 0.15) is 40.0 Å². The minimum Gasteiger partial charge on any atom is -0.392 e. The monoisotopic (exact) mass is 229 g/mol. The SMILES string of the molecule is CC(C)(C)CC(O)CNCC1CCCOC1. The molecule has 3 nitrogen and oxygen atoms in total. The van der Waals surface area contributed by atoms with Gasteiger partial charge < -0.3 is 15.2 Å². The highest BCUT2D eigenvalue weighted by Gasteiger charge is 2.17. The van der Waals surface area contributed by atoms with Crippen LogP contribution in [0, 0.1) is 11.3 Å². The van der Waals surface area contributed by atoms with E-state index >= 15 is 0 Å². The summed E-state index contributed by atoms with van der Waals surface area (Å²) in [7, 11) is 0. The van der Waals surface area contributed by atoms with E-state index in [1.54, 1.807) is 0 Å². The fourth-order valence-corrected chi connectivity index (χ4v) is 2.20. The molecule has 96 valence electrons. The van der Waals surface area contributed by atoms with Crippen LogP contribution in [0.2, 0.25) is 0 Å². The highest BCUT2D eigenvalue weighted by Crippen LogP contribution is 2.20. The molecule has 1 aliphatic rings. The van der Waals surface area contributed by atoms with Crippen molar-refractivity contribution in [1.29, 1.82) is 0 Å². The molecule has 1 rings (SSSR count). The third-order valence-corrected chi connectivity index (χ3v) is 2.92. The lowest BCUT2D eigenvalue weighted by Crippen LogP contribution is -2.35. The van der Waals surface area contributed by atoms with Gasteiger partial charge in [0.1, 0.15) is 0 Å². The lowest BCUT2D eigenvalue weighted by atomic mass is 9.89. The molecule has 0 amide bonds.